The predicted molar refractivity (Wildman–Crippen MR) is 262 cm³/mol. The average Bonchev–Trinajstić information content (AvgIpc) is 3.35. The van der Waals surface area contributed by atoms with Gasteiger partial charge < -0.3 is 39.4 Å². The summed E-state index contributed by atoms with van der Waals surface area (Å²) in [4.78, 5) is 0. The summed E-state index contributed by atoms with van der Waals surface area (Å²) in [6, 6.07) is 17.9. The van der Waals surface area contributed by atoms with Crippen LogP contribution in [0.4, 0.5) is 0 Å². The maximum absolute atomic E-state index is 12.2. The van der Waals surface area contributed by atoms with Crippen molar-refractivity contribution < 1.29 is 39.4 Å². The largest absolute Gasteiger partial charge is 0.507 e. The zero-order chi connectivity index (χ0) is 46.2. The van der Waals surface area contributed by atoms with Gasteiger partial charge in [0.1, 0.15) is 23.0 Å². The van der Waals surface area contributed by atoms with Gasteiger partial charge in [0.25, 0.3) is 0 Å². The van der Waals surface area contributed by atoms with Gasteiger partial charge in [0.15, 0.2) is 0 Å². The van der Waals surface area contributed by atoms with Crippen LogP contribution >= 0.6 is 0 Å². The molecule has 8 heteroatoms. The summed E-state index contributed by atoms with van der Waals surface area (Å²) in [5, 5.41) is 48.7. The van der Waals surface area contributed by atoms with Gasteiger partial charge in [-0.05, 0) is 144 Å². The molecule has 0 unspecified atom stereocenters. The van der Waals surface area contributed by atoms with Crippen LogP contribution in [0.15, 0.2) is 48.5 Å². The highest BCUT2D eigenvalue weighted by Crippen LogP contribution is 2.53. The Morgan fingerprint density at radius 2 is 0.530 bits per heavy atom. The Labute approximate surface area is 395 Å². The van der Waals surface area contributed by atoms with E-state index < -0.39 is 0 Å². The second kappa shape index (κ2) is 22.8. The number of phenols is 4. The SMILES string of the molecule is COCc1cc(C(c2cc(COC)c(O)c(C3CCCCC3)c2)C(c2cc(COC)c(O)c(C3CCCCC3)c2)c2cc(COC)c(O)c(C3CCCCC3)c2)cc(C2CCCCC2)c1O. The third-order valence-corrected chi connectivity index (χ3v) is 16.1. The van der Waals surface area contributed by atoms with Crippen molar-refractivity contribution in [2.75, 3.05) is 28.4 Å². The lowest BCUT2D eigenvalue weighted by atomic mass is 9.69. The van der Waals surface area contributed by atoms with Crippen molar-refractivity contribution in [3.8, 4) is 23.0 Å². The molecule has 0 spiro atoms. The Morgan fingerprint density at radius 3 is 0.712 bits per heavy atom. The molecule has 8 rings (SSSR count). The molecule has 4 fully saturated rings. The first-order valence-corrected chi connectivity index (χ1v) is 25.6. The van der Waals surface area contributed by atoms with Gasteiger partial charge in [0.2, 0.25) is 0 Å². The topological polar surface area (TPSA) is 118 Å². The van der Waals surface area contributed by atoms with E-state index in [-0.39, 0.29) is 61.9 Å². The fraction of sp³-hybridized carbons (Fsp3) is 0.586. The lowest BCUT2D eigenvalue weighted by molar-refractivity contribution is 0.181. The molecule has 0 atom stereocenters. The van der Waals surface area contributed by atoms with Crippen LogP contribution in [0.3, 0.4) is 0 Å². The van der Waals surface area contributed by atoms with Gasteiger partial charge in [-0.15, -0.1) is 0 Å². The first-order valence-electron chi connectivity index (χ1n) is 25.6. The van der Waals surface area contributed by atoms with E-state index in [9.17, 15) is 20.4 Å². The van der Waals surface area contributed by atoms with E-state index in [1.165, 1.54) is 25.7 Å². The molecule has 4 saturated carbocycles. The smallest absolute Gasteiger partial charge is 0.124 e. The summed E-state index contributed by atoms with van der Waals surface area (Å²) in [7, 11) is 6.78. The molecule has 358 valence electrons. The highest BCUT2D eigenvalue weighted by molar-refractivity contribution is 5.58. The third kappa shape index (κ3) is 10.6. The minimum Gasteiger partial charge on any atom is -0.507 e. The Hall–Kier alpha value is -4.08. The summed E-state index contributed by atoms with van der Waals surface area (Å²) in [5.41, 5.74) is 11.3. The summed E-state index contributed by atoms with van der Waals surface area (Å²) < 4.78 is 23.5. The molecule has 4 N–H and O–H groups in total. The van der Waals surface area contributed by atoms with Crippen LogP contribution in [0.2, 0.25) is 0 Å². The molecule has 4 aliphatic carbocycles. The average molecular weight is 903 g/mol. The molecule has 0 aliphatic heterocycles. The summed E-state index contributed by atoms with van der Waals surface area (Å²) in [6.07, 6.45) is 22.0. The number of phenolic OH excluding ortho intramolecular Hbond substituents is 4. The lowest BCUT2D eigenvalue weighted by Gasteiger charge is -2.35. The second-order valence-electron chi connectivity index (χ2n) is 20.5. The summed E-state index contributed by atoms with van der Waals surface area (Å²) >= 11 is 0. The molecule has 0 aromatic heterocycles. The number of rotatable bonds is 17. The molecule has 4 aliphatic rings. The van der Waals surface area contributed by atoms with Crippen LogP contribution in [0.25, 0.3) is 0 Å². The predicted octanol–water partition coefficient (Wildman–Crippen LogP) is 14.2. The van der Waals surface area contributed by atoms with Crippen molar-refractivity contribution in [3.63, 3.8) is 0 Å². The van der Waals surface area contributed by atoms with Crippen molar-refractivity contribution in [1.29, 1.82) is 0 Å². The quantitative estimate of drug-likeness (QED) is 0.0828. The minimum absolute atomic E-state index is 0.217. The van der Waals surface area contributed by atoms with Gasteiger partial charge in [-0.25, -0.2) is 0 Å². The Bertz CT molecular complexity index is 1910. The molecule has 66 heavy (non-hydrogen) atoms. The van der Waals surface area contributed by atoms with E-state index in [2.05, 4.69) is 48.5 Å². The molecular formula is C58H78O8. The van der Waals surface area contributed by atoms with E-state index in [1.807, 2.05) is 0 Å². The van der Waals surface area contributed by atoms with Crippen LogP contribution in [-0.2, 0) is 45.4 Å². The molecule has 0 bridgehead atoms. The van der Waals surface area contributed by atoms with E-state index in [0.717, 1.165) is 169 Å². The highest BCUT2D eigenvalue weighted by Gasteiger charge is 2.36. The van der Waals surface area contributed by atoms with Crippen LogP contribution in [0, 0.1) is 0 Å². The van der Waals surface area contributed by atoms with Crippen molar-refractivity contribution >= 4 is 0 Å². The van der Waals surface area contributed by atoms with E-state index >= 15 is 0 Å². The zero-order valence-electron chi connectivity index (χ0n) is 40.5. The van der Waals surface area contributed by atoms with Crippen molar-refractivity contribution in [2.45, 2.75) is 190 Å². The second-order valence-corrected chi connectivity index (χ2v) is 20.5. The Balaban J connectivity index is 1.49. The molecule has 0 heterocycles. The van der Waals surface area contributed by atoms with Crippen molar-refractivity contribution in [2.24, 2.45) is 0 Å². The number of methoxy groups -OCH3 is 4. The molecular weight excluding hydrogens is 825 g/mol. The maximum atomic E-state index is 12.2. The normalized spacial score (nSPS) is 18.5. The molecule has 0 amide bonds. The van der Waals surface area contributed by atoms with Crippen LogP contribution in [-0.4, -0.2) is 48.9 Å². The number of hydrogen-bond acceptors (Lipinski definition) is 8. The lowest BCUT2D eigenvalue weighted by Crippen LogP contribution is -2.19. The standard InChI is InChI=1S/C58H78O8/c1-63-33-45-25-41(29-49(55(45)59)37-17-9-5-10-18-37)53(42-26-46(34-64-2)56(60)50(30-42)38-19-11-6-12-20-38)54(43-27-47(35-65-3)57(61)51(31-43)39-21-13-7-14-22-39)44-28-48(36-66-4)58(62)52(32-44)40-23-15-8-16-24-40/h25-32,37-40,53-54,59-62H,5-24,33-36H2,1-4H3. The van der Waals surface area contributed by atoms with Crippen LogP contribution in [0.5, 0.6) is 23.0 Å². The first-order chi connectivity index (χ1) is 32.2. The van der Waals surface area contributed by atoms with E-state index in [1.54, 1.807) is 28.4 Å². The van der Waals surface area contributed by atoms with Gasteiger partial charge in [-0.1, -0.05) is 101 Å². The van der Waals surface area contributed by atoms with E-state index in [0.29, 0.717) is 23.0 Å². The third-order valence-electron chi connectivity index (χ3n) is 16.1. The van der Waals surface area contributed by atoms with Crippen LogP contribution in [0.1, 0.15) is 231 Å². The summed E-state index contributed by atoms with van der Waals surface area (Å²) in [6.45, 7) is 1.06. The van der Waals surface area contributed by atoms with Crippen molar-refractivity contribution in [1.82, 2.24) is 0 Å². The van der Waals surface area contributed by atoms with Crippen LogP contribution < -0.4 is 0 Å². The molecule has 0 radical (unpaired) electrons. The number of ether oxygens (including phenoxy) is 4. The highest BCUT2D eigenvalue weighted by atomic mass is 16.5. The fourth-order valence-corrected chi connectivity index (χ4v) is 12.8. The zero-order valence-corrected chi connectivity index (χ0v) is 40.5. The Morgan fingerprint density at radius 1 is 0.333 bits per heavy atom. The number of aromatic hydroxyl groups is 4. The Kier molecular flexibility index (Phi) is 16.7. The molecule has 4 aromatic rings. The molecule has 8 nitrogen and oxygen atoms in total. The monoisotopic (exact) mass is 903 g/mol. The number of hydrogen-bond donors (Lipinski definition) is 4. The molecule has 0 saturated heterocycles. The number of benzene rings is 4. The van der Waals surface area contributed by atoms with Gasteiger partial charge in [-0.2, -0.15) is 0 Å². The molecule has 4 aromatic carbocycles. The minimum atomic E-state index is -0.347. The van der Waals surface area contributed by atoms with Gasteiger partial charge >= 0.3 is 0 Å². The fourth-order valence-electron chi connectivity index (χ4n) is 12.8. The first kappa shape index (κ1) is 48.4. The summed E-state index contributed by atoms with van der Waals surface area (Å²) in [5.74, 6) is 1.49. The van der Waals surface area contributed by atoms with Gasteiger partial charge in [0, 0.05) is 62.5 Å². The van der Waals surface area contributed by atoms with Crippen molar-refractivity contribution in [3.05, 3.63) is 115 Å². The van der Waals surface area contributed by atoms with Gasteiger partial charge in [-0.3, -0.25) is 0 Å². The van der Waals surface area contributed by atoms with Gasteiger partial charge in [0.05, 0.1) is 26.4 Å². The maximum Gasteiger partial charge on any atom is 0.124 e. The van der Waals surface area contributed by atoms with E-state index in [4.69, 9.17) is 18.9 Å².